The summed E-state index contributed by atoms with van der Waals surface area (Å²) in [6.45, 7) is 7.88. The highest BCUT2D eigenvalue weighted by atomic mass is 16.5. The van der Waals surface area contributed by atoms with Crippen LogP contribution in [0.15, 0.2) is 28.7 Å². The zero-order valence-electron chi connectivity index (χ0n) is 18.0. The summed E-state index contributed by atoms with van der Waals surface area (Å²) in [5.74, 6) is 3.23. The fourth-order valence-corrected chi connectivity index (χ4v) is 4.02. The van der Waals surface area contributed by atoms with E-state index in [9.17, 15) is 4.79 Å². The Balaban J connectivity index is 1.48. The average molecular weight is 409 g/mol. The molecule has 0 unspecified atom stereocenters. The summed E-state index contributed by atoms with van der Waals surface area (Å²) in [5, 5.41) is 4.04. The molecule has 2 aromatic heterocycles. The van der Waals surface area contributed by atoms with Crippen molar-refractivity contribution >= 4 is 22.8 Å². The minimum Gasteiger partial charge on any atom is -0.497 e. The number of carbonyl (C=O) groups is 1. The van der Waals surface area contributed by atoms with Crippen LogP contribution in [0.2, 0.25) is 0 Å². The normalized spacial score (nSPS) is 16.7. The molecule has 1 aromatic carbocycles. The Bertz CT molecular complexity index is 1060. The predicted octanol–water partition coefficient (Wildman–Crippen LogP) is 3.69. The first-order chi connectivity index (χ1) is 14.5. The van der Waals surface area contributed by atoms with Gasteiger partial charge in [0, 0.05) is 25.2 Å². The van der Waals surface area contributed by atoms with E-state index < -0.39 is 0 Å². The molecule has 3 aromatic rings. The number of anilines is 1. The maximum Gasteiger partial charge on any atom is 0.231 e. The molecule has 3 heterocycles. The lowest BCUT2D eigenvalue weighted by atomic mass is 9.96. The molecule has 1 N–H and O–H groups in total. The van der Waals surface area contributed by atoms with E-state index in [2.05, 4.69) is 15.2 Å². The summed E-state index contributed by atoms with van der Waals surface area (Å²) < 4.78 is 11.0. The van der Waals surface area contributed by atoms with E-state index in [1.165, 1.54) is 0 Å². The third kappa shape index (κ3) is 3.97. The molecule has 0 saturated carbocycles. The Labute approximate surface area is 176 Å². The maximum absolute atomic E-state index is 12.9. The molecule has 0 radical (unpaired) electrons. The van der Waals surface area contributed by atoms with Gasteiger partial charge in [0.2, 0.25) is 11.6 Å². The number of aromatic nitrogens is 2. The van der Waals surface area contributed by atoms with Gasteiger partial charge in [0.15, 0.2) is 0 Å². The van der Waals surface area contributed by atoms with Gasteiger partial charge in [-0.05, 0) is 51.3 Å². The van der Waals surface area contributed by atoms with Gasteiger partial charge < -0.3 is 19.4 Å². The molecule has 1 fully saturated rings. The van der Waals surface area contributed by atoms with Gasteiger partial charge in [0.25, 0.3) is 0 Å². The van der Waals surface area contributed by atoms with E-state index in [1.807, 2.05) is 45.0 Å². The molecular formula is C23H28N4O3. The molecule has 0 aliphatic carbocycles. The zero-order valence-corrected chi connectivity index (χ0v) is 18.0. The van der Waals surface area contributed by atoms with Crippen molar-refractivity contribution in [2.24, 2.45) is 5.92 Å². The monoisotopic (exact) mass is 408 g/mol. The van der Waals surface area contributed by atoms with E-state index in [-0.39, 0.29) is 11.8 Å². The molecule has 7 nitrogen and oxygen atoms in total. The number of fused-ring (bicyclic) bond motifs is 1. The minimum absolute atomic E-state index is 0.0735. The fraction of sp³-hybridized carbons (Fsp3) is 0.435. The predicted molar refractivity (Wildman–Crippen MR) is 116 cm³/mol. The van der Waals surface area contributed by atoms with Crippen LogP contribution in [0.3, 0.4) is 0 Å². The Kier molecular flexibility index (Phi) is 5.61. The highest BCUT2D eigenvalue weighted by Gasteiger charge is 2.29. The molecule has 1 aliphatic rings. The Morgan fingerprint density at radius 3 is 2.73 bits per heavy atom. The van der Waals surface area contributed by atoms with Gasteiger partial charge in [-0.15, -0.1) is 0 Å². The lowest BCUT2D eigenvalue weighted by Crippen LogP contribution is -2.43. The number of aryl methyl sites for hydroxylation is 3. The summed E-state index contributed by atoms with van der Waals surface area (Å²) in [6, 6.07) is 7.75. The van der Waals surface area contributed by atoms with Gasteiger partial charge in [-0.1, -0.05) is 12.1 Å². The quantitative estimate of drug-likeness (QED) is 0.694. The number of amides is 1. The number of rotatable bonds is 5. The summed E-state index contributed by atoms with van der Waals surface area (Å²) in [5.41, 5.74) is 2.74. The van der Waals surface area contributed by atoms with Gasteiger partial charge in [0.05, 0.1) is 18.4 Å². The molecule has 1 amide bonds. The number of furan rings is 1. The fourth-order valence-electron chi connectivity index (χ4n) is 4.02. The molecule has 1 saturated heterocycles. The van der Waals surface area contributed by atoms with Crippen LogP contribution in [0.1, 0.15) is 35.6 Å². The van der Waals surface area contributed by atoms with Crippen LogP contribution in [-0.4, -0.2) is 36.1 Å². The highest BCUT2D eigenvalue weighted by molar-refractivity contribution is 5.90. The minimum atomic E-state index is -0.0735. The van der Waals surface area contributed by atoms with Crippen molar-refractivity contribution in [2.45, 2.75) is 40.2 Å². The first-order valence-corrected chi connectivity index (χ1v) is 10.4. The summed E-state index contributed by atoms with van der Waals surface area (Å²) in [6.07, 6.45) is 1.82. The third-order valence-corrected chi connectivity index (χ3v) is 5.84. The first-order valence-electron chi connectivity index (χ1n) is 10.4. The number of nitrogens with zero attached hydrogens (tertiary/aromatic N) is 3. The smallest absolute Gasteiger partial charge is 0.231 e. The number of piperidine rings is 1. The van der Waals surface area contributed by atoms with Crippen LogP contribution < -0.4 is 15.0 Å². The number of hydrogen-bond donors (Lipinski definition) is 1. The number of hydrogen-bond acceptors (Lipinski definition) is 6. The lowest BCUT2D eigenvalue weighted by molar-refractivity contribution is -0.125. The van der Waals surface area contributed by atoms with E-state index >= 15 is 0 Å². The van der Waals surface area contributed by atoms with Gasteiger partial charge in [-0.25, -0.2) is 4.98 Å². The van der Waals surface area contributed by atoms with Crippen molar-refractivity contribution in [3.05, 3.63) is 47.0 Å². The Morgan fingerprint density at radius 1 is 1.23 bits per heavy atom. The molecule has 4 rings (SSSR count). The Hall–Kier alpha value is -3.09. The SMILES string of the molecule is COc1ccc(CNC(=O)[C@@H]2CCCN(c3nc(C)nc4oc(C)c(C)c34)C2)cc1. The second kappa shape index (κ2) is 8.34. The van der Waals surface area contributed by atoms with Crippen molar-refractivity contribution in [3.8, 4) is 5.75 Å². The molecule has 158 valence electrons. The van der Waals surface area contributed by atoms with Gasteiger partial charge >= 0.3 is 0 Å². The van der Waals surface area contributed by atoms with E-state index in [0.717, 1.165) is 53.2 Å². The second-order valence-corrected chi connectivity index (χ2v) is 7.91. The van der Waals surface area contributed by atoms with E-state index in [0.29, 0.717) is 24.6 Å². The van der Waals surface area contributed by atoms with Crippen LogP contribution in [0.4, 0.5) is 5.82 Å². The lowest BCUT2D eigenvalue weighted by Gasteiger charge is -2.33. The Morgan fingerprint density at radius 2 is 2.00 bits per heavy atom. The highest BCUT2D eigenvalue weighted by Crippen LogP contribution is 2.33. The molecule has 1 atom stereocenters. The topological polar surface area (TPSA) is 80.5 Å². The molecule has 1 aliphatic heterocycles. The maximum atomic E-state index is 12.9. The van der Waals surface area contributed by atoms with Crippen LogP contribution in [0.5, 0.6) is 5.75 Å². The van der Waals surface area contributed by atoms with Crippen molar-refractivity contribution in [2.75, 3.05) is 25.1 Å². The van der Waals surface area contributed by atoms with Crippen molar-refractivity contribution < 1.29 is 13.9 Å². The average Bonchev–Trinajstić information content (AvgIpc) is 3.05. The molecule has 30 heavy (non-hydrogen) atoms. The number of nitrogens with one attached hydrogen (secondary N) is 1. The van der Waals surface area contributed by atoms with Gasteiger partial charge in [-0.3, -0.25) is 4.79 Å². The first kappa shape index (κ1) is 20.2. The number of methoxy groups -OCH3 is 1. The standard InChI is InChI=1S/C23H28N4O3/c1-14-15(2)30-23-20(14)21(25-16(3)26-23)27-11-5-6-18(13-27)22(28)24-12-17-7-9-19(29-4)10-8-17/h7-10,18H,5-6,11-13H2,1-4H3,(H,24,28)/t18-/m1/s1. The number of benzene rings is 1. The largest absolute Gasteiger partial charge is 0.497 e. The van der Waals surface area contributed by atoms with E-state index in [4.69, 9.17) is 14.1 Å². The molecule has 0 bridgehead atoms. The van der Waals surface area contributed by atoms with Crippen molar-refractivity contribution in [1.82, 2.24) is 15.3 Å². The van der Waals surface area contributed by atoms with Crippen molar-refractivity contribution in [3.63, 3.8) is 0 Å². The molecular weight excluding hydrogens is 380 g/mol. The van der Waals surface area contributed by atoms with Crippen molar-refractivity contribution in [1.29, 1.82) is 0 Å². The number of carbonyl (C=O) groups excluding carboxylic acids is 1. The third-order valence-electron chi connectivity index (χ3n) is 5.84. The zero-order chi connectivity index (χ0) is 21.3. The van der Waals surface area contributed by atoms with Crippen LogP contribution in [0, 0.1) is 26.7 Å². The van der Waals surface area contributed by atoms with Gasteiger partial charge in [0.1, 0.15) is 23.2 Å². The summed E-state index contributed by atoms with van der Waals surface area (Å²) >= 11 is 0. The van der Waals surface area contributed by atoms with Crippen LogP contribution >= 0.6 is 0 Å². The summed E-state index contributed by atoms with van der Waals surface area (Å²) in [7, 11) is 1.64. The number of ether oxygens (including phenoxy) is 1. The van der Waals surface area contributed by atoms with Crippen LogP contribution in [-0.2, 0) is 11.3 Å². The molecule has 0 spiro atoms. The second-order valence-electron chi connectivity index (χ2n) is 7.91. The van der Waals surface area contributed by atoms with E-state index in [1.54, 1.807) is 7.11 Å². The molecule has 7 heteroatoms. The van der Waals surface area contributed by atoms with Crippen LogP contribution in [0.25, 0.3) is 11.1 Å². The van der Waals surface area contributed by atoms with Gasteiger partial charge in [-0.2, -0.15) is 4.98 Å². The summed E-state index contributed by atoms with van der Waals surface area (Å²) in [4.78, 5) is 24.2.